The van der Waals surface area contributed by atoms with Crippen LogP contribution in [-0.2, 0) is 6.42 Å². The molecule has 0 heterocycles. The summed E-state index contributed by atoms with van der Waals surface area (Å²) in [6, 6.07) is 17.3. The molecule has 0 aliphatic rings. The standard InChI is InChI=1S/C22H20/c1-4-11-16(5-2)22-20-14-9-7-12-18(20)17(6-3)19-13-8-10-15-21(19)22/h4-5,7-15H,1-2,6H2,3H3/b16-11+. The Hall–Kier alpha value is -2.60. The molecule has 0 N–H and O–H groups in total. The molecule has 0 nitrogen and oxygen atoms in total. The lowest BCUT2D eigenvalue weighted by Gasteiger charge is -2.16. The Kier molecular flexibility index (Phi) is 3.93. The van der Waals surface area contributed by atoms with Crippen molar-refractivity contribution in [1.29, 1.82) is 0 Å². The Morgan fingerprint density at radius 2 is 1.36 bits per heavy atom. The second kappa shape index (κ2) is 6.03. The van der Waals surface area contributed by atoms with E-state index in [1.54, 1.807) is 0 Å². The number of hydrogen-bond donors (Lipinski definition) is 0. The topological polar surface area (TPSA) is 0 Å². The minimum atomic E-state index is 1.02. The van der Waals surface area contributed by atoms with Crippen LogP contribution in [-0.4, -0.2) is 0 Å². The molecular weight excluding hydrogens is 264 g/mol. The second-order valence-electron chi connectivity index (χ2n) is 5.36. The number of aryl methyl sites for hydroxylation is 1. The molecule has 0 saturated heterocycles. The molecule has 0 unspecified atom stereocenters. The summed E-state index contributed by atoms with van der Waals surface area (Å²) in [6.07, 6.45) is 6.80. The number of rotatable bonds is 4. The van der Waals surface area contributed by atoms with Gasteiger partial charge in [-0.15, -0.1) is 0 Å². The first-order valence-corrected chi connectivity index (χ1v) is 7.69. The average molecular weight is 284 g/mol. The Labute approximate surface area is 132 Å². The molecule has 0 aromatic heterocycles. The van der Waals surface area contributed by atoms with Gasteiger partial charge in [-0.25, -0.2) is 0 Å². The van der Waals surface area contributed by atoms with Gasteiger partial charge in [0.1, 0.15) is 0 Å². The first-order chi connectivity index (χ1) is 10.8. The minimum absolute atomic E-state index is 1.02. The molecule has 3 rings (SSSR count). The third kappa shape index (κ3) is 2.17. The molecule has 0 aliphatic carbocycles. The third-order valence-corrected chi connectivity index (χ3v) is 4.20. The van der Waals surface area contributed by atoms with E-state index in [9.17, 15) is 0 Å². The van der Waals surface area contributed by atoms with Crippen molar-refractivity contribution in [3.05, 3.63) is 91.0 Å². The first kappa shape index (κ1) is 14.3. The maximum atomic E-state index is 4.00. The van der Waals surface area contributed by atoms with Crippen LogP contribution in [0.15, 0.2) is 79.9 Å². The van der Waals surface area contributed by atoms with E-state index in [0.717, 1.165) is 12.0 Å². The van der Waals surface area contributed by atoms with Crippen LogP contribution in [0.3, 0.4) is 0 Å². The highest BCUT2D eigenvalue weighted by atomic mass is 14.2. The fraction of sp³-hybridized carbons (Fsp3) is 0.0909. The van der Waals surface area contributed by atoms with Gasteiger partial charge in [-0.2, -0.15) is 0 Å². The quantitative estimate of drug-likeness (QED) is 0.389. The van der Waals surface area contributed by atoms with Crippen LogP contribution in [0.4, 0.5) is 0 Å². The molecule has 0 radical (unpaired) electrons. The number of benzene rings is 3. The van der Waals surface area contributed by atoms with Crippen LogP contribution in [0.25, 0.3) is 27.1 Å². The van der Waals surface area contributed by atoms with Crippen LogP contribution < -0.4 is 0 Å². The number of fused-ring (bicyclic) bond motifs is 2. The van der Waals surface area contributed by atoms with E-state index < -0.39 is 0 Å². The molecule has 0 fully saturated rings. The lowest BCUT2D eigenvalue weighted by Crippen LogP contribution is -1.94. The SMILES string of the molecule is C=C/C=C(\C=C)c1c2ccccc2c(CC)c2ccccc12. The van der Waals surface area contributed by atoms with Gasteiger partial charge < -0.3 is 0 Å². The Balaban J connectivity index is 2.60. The molecule has 3 aromatic carbocycles. The van der Waals surface area contributed by atoms with E-state index >= 15 is 0 Å². The van der Waals surface area contributed by atoms with Crippen molar-refractivity contribution in [2.45, 2.75) is 13.3 Å². The first-order valence-electron chi connectivity index (χ1n) is 7.69. The van der Waals surface area contributed by atoms with Crippen molar-refractivity contribution in [2.24, 2.45) is 0 Å². The molecule has 0 spiro atoms. The van der Waals surface area contributed by atoms with Crippen molar-refractivity contribution in [1.82, 2.24) is 0 Å². The number of hydrogen-bond acceptors (Lipinski definition) is 0. The second-order valence-corrected chi connectivity index (χ2v) is 5.36. The molecule has 0 heteroatoms. The summed E-state index contributed by atoms with van der Waals surface area (Å²) >= 11 is 0. The van der Waals surface area contributed by atoms with Gasteiger partial charge in [0.15, 0.2) is 0 Å². The molecule has 0 bridgehead atoms. The van der Waals surface area contributed by atoms with Gasteiger partial charge in [-0.3, -0.25) is 0 Å². The van der Waals surface area contributed by atoms with Crippen LogP contribution in [0, 0.1) is 0 Å². The van der Waals surface area contributed by atoms with Crippen LogP contribution >= 0.6 is 0 Å². The Morgan fingerprint density at radius 1 is 0.864 bits per heavy atom. The Bertz CT molecular complexity index is 837. The van der Waals surface area contributed by atoms with Crippen LogP contribution in [0.5, 0.6) is 0 Å². The Morgan fingerprint density at radius 3 is 1.77 bits per heavy atom. The van der Waals surface area contributed by atoms with Gasteiger partial charge in [0, 0.05) is 0 Å². The van der Waals surface area contributed by atoms with E-state index in [0.29, 0.717) is 0 Å². The summed E-state index contributed by atoms with van der Waals surface area (Å²) in [5.74, 6) is 0. The van der Waals surface area contributed by atoms with Crippen LogP contribution in [0.2, 0.25) is 0 Å². The summed E-state index contributed by atoms with van der Waals surface area (Å²) in [6.45, 7) is 10.1. The van der Waals surface area contributed by atoms with Gasteiger partial charge in [0.25, 0.3) is 0 Å². The van der Waals surface area contributed by atoms with E-state index in [1.165, 1.54) is 32.7 Å². The zero-order valence-electron chi connectivity index (χ0n) is 13.0. The highest BCUT2D eigenvalue weighted by Gasteiger charge is 2.13. The summed E-state index contributed by atoms with van der Waals surface area (Å²) in [5.41, 5.74) is 3.78. The van der Waals surface area contributed by atoms with E-state index in [-0.39, 0.29) is 0 Å². The lowest BCUT2D eigenvalue weighted by atomic mass is 9.87. The van der Waals surface area contributed by atoms with Crippen molar-refractivity contribution < 1.29 is 0 Å². The predicted molar refractivity (Wildman–Crippen MR) is 99.2 cm³/mol. The average Bonchev–Trinajstić information content (AvgIpc) is 2.58. The van der Waals surface area contributed by atoms with Gasteiger partial charge in [0.2, 0.25) is 0 Å². The van der Waals surface area contributed by atoms with Gasteiger partial charge in [-0.1, -0.05) is 86.8 Å². The summed E-state index contributed by atoms with van der Waals surface area (Å²) in [5, 5.41) is 5.23. The minimum Gasteiger partial charge on any atom is -0.0990 e. The monoisotopic (exact) mass is 284 g/mol. The van der Waals surface area contributed by atoms with Gasteiger partial charge in [-0.05, 0) is 44.7 Å². The molecule has 0 aliphatic heterocycles. The van der Waals surface area contributed by atoms with Crippen molar-refractivity contribution in [3.63, 3.8) is 0 Å². The van der Waals surface area contributed by atoms with E-state index in [1.807, 2.05) is 18.2 Å². The number of allylic oxidation sites excluding steroid dienone is 4. The van der Waals surface area contributed by atoms with Crippen molar-refractivity contribution in [2.75, 3.05) is 0 Å². The highest BCUT2D eigenvalue weighted by Crippen LogP contribution is 2.37. The fourth-order valence-corrected chi connectivity index (χ4v) is 3.29. The van der Waals surface area contributed by atoms with E-state index in [2.05, 4.69) is 68.6 Å². The predicted octanol–water partition coefficient (Wildman–Crippen LogP) is 6.31. The van der Waals surface area contributed by atoms with Crippen molar-refractivity contribution in [3.8, 4) is 0 Å². The molecular formula is C22H20. The van der Waals surface area contributed by atoms with Gasteiger partial charge >= 0.3 is 0 Å². The third-order valence-electron chi connectivity index (χ3n) is 4.20. The molecule has 0 amide bonds. The maximum Gasteiger partial charge on any atom is -0.00268 e. The molecule has 3 aromatic rings. The van der Waals surface area contributed by atoms with Crippen LogP contribution in [0.1, 0.15) is 18.1 Å². The molecule has 22 heavy (non-hydrogen) atoms. The normalized spacial score (nSPS) is 11.8. The fourth-order valence-electron chi connectivity index (χ4n) is 3.29. The summed E-state index contributed by atoms with van der Waals surface area (Å²) < 4.78 is 0. The smallest absolute Gasteiger partial charge is 0.00268 e. The summed E-state index contributed by atoms with van der Waals surface area (Å²) in [4.78, 5) is 0. The zero-order chi connectivity index (χ0) is 15.5. The molecule has 108 valence electrons. The highest BCUT2D eigenvalue weighted by molar-refractivity contribution is 6.12. The van der Waals surface area contributed by atoms with Gasteiger partial charge in [0.05, 0.1) is 0 Å². The molecule has 0 atom stereocenters. The molecule has 0 saturated carbocycles. The zero-order valence-corrected chi connectivity index (χ0v) is 13.0. The van der Waals surface area contributed by atoms with Crippen molar-refractivity contribution >= 4 is 27.1 Å². The maximum absolute atomic E-state index is 4.00. The largest absolute Gasteiger partial charge is 0.0990 e. The van der Waals surface area contributed by atoms with E-state index in [4.69, 9.17) is 0 Å². The summed E-state index contributed by atoms with van der Waals surface area (Å²) in [7, 11) is 0. The lowest BCUT2D eigenvalue weighted by molar-refractivity contribution is 1.18.